The summed E-state index contributed by atoms with van der Waals surface area (Å²) >= 11 is 5.47. The van der Waals surface area contributed by atoms with E-state index >= 15 is 0 Å². The number of anilines is 1. The molecule has 14 heavy (non-hydrogen) atoms. The first-order valence-electron chi connectivity index (χ1n) is 4.77. The van der Waals surface area contributed by atoms with E-state index in [1.54, 1.807) is 6.20 Å². The summed E-state index contributed by atoms with van der Waals surface area (Å²) in [6.45, 7) is 5.02. The Bertz CT molecular complexity index is 252. The summed E-state index contributed by atoms with van der Waals surface area (Å²) in [4.78, 5) is 4.18. The second-order valence-electron chi connectivity index (χ2n) is 2.76. The number of halogens is 1. The number of hydrogen-bond donors (Lipinski definition) is 1. The maximum absolute atomic E-state index is 5.47. The minimum absolute atomic E-state index is 0.545. The fourth-order valence-corrected chi connectivity index (χ4v) is 1.23. The number of aryl methyl sites for hydroxylation is 1. The lowest BCUT2D eigenvalue weighted by atomic mass is 10.6. The topological polar surface area (TPSA) is 39.1 Å². The Labute approximate surface area is 89.2 Å². The molecule has 1 heterocycles. The van der Waals surface area contributed by atoms with Crippen molar-refractivity contribution >= 4 is 17.5 Å². The fraction of sp³-hybridized carbons (Fsp3) is 0.667. The summed E-state index contributed by atoms with van der Waals surface area (Å²) in [5, 5.41) is 3.19. The number of hydrogen-bond acceptors (Lipinski definition) is 3. The van der Waals surface area contributed by atoms with Crippen LogP contribution in [0.15, 0.2) is 12.4 Å². The number of ether oxygens (including phenoxy) is 1. The number of imidazole rings is 1. The van der Waals surface area contributed by atoms with Gasteiger partial charge >= 0.3 is 0 Å². The van der Waals surface area contributed by atoms with Crippen LogP contribution in [0.2, 0.25) is 0 Å². The maximum atomic E-state index is 5.47. The number of rotatable bonds is 7. The molecule has 1 N–H and O–H groups in total. The molecule has 0 amide bonds. The Hall–Kier alpha value is -0.740. The molecule has 0 radical (unpaired) electrons. The Balaban J connectivity index is 2.17. The first-order valence-corrected chi connectivity index (χ1v) is 5.30. The van der Waals surface area contributed by atoms with Gasteiger partial charge in [-0.3, -0.25) is 0 Å². The van der Waals surface area contributed by atoms with Crippen LogP contribution in [0, 0.1) is 0 Å². The van der Waals surface area contributed by atoms with E-state index in [1.807, 2.05) is 10.8 Å². The van der Waals surface area contributed by atoms with Crippen molar-refractivity contribution in [3.8, 4) is 0 Å². The molecule has 0 spiro atoms. The lowest BCUT2D eigenvalue weighted by Crippen LogP contribution is -2.13. The third kappa shape index (κ3) is 3.55. The van der Waals surface area contributed by atoms with Gasteiger partial charge in [-0.2, -0.15) is 0 Å². The highest BCUT2D eigenvalue weighted by Crippen LogP contribution is 2.02. The first-order chi connectivity index (χ1) is 6.88. The van der Waals surface area contributed by atoms with Gasteiger partial charge in [0.25, 0.3) is 0 Å². The molecule has 0 fully saturated rings. The van der Waals surface area contributed by atoms with Gasteiger partial charge in [0.2, 0.25) is 5.95 Å². The summed E-state index contributed by atoms with van der Waals surface area (Å²) < 4.78 is 7.27. The minimum atomic E-state index is 0.545. The van der Waals surface area contributed by atoms with Crippen molar-refractivity contribution in [1.29, 1.82) is 0 Å². The van der Waals surface area contributed by atoms with Gasteiger partial charge in [0.15, 0.2) is 0 Å². The Morgan fingerprint density at radius 3 is 3.14 bits per heavy atom. The third-order valence-electron chi connectivity index (χ3n) is 1.81. The van der Waals surface area contributed by atoms with Crippen LogP contribution < -0.4 is 5.32 Å². The molecule has 4 nitrogen and oxygen atoms in total. The van der Waals surface area contributed by atoms with E-state index in [2.05, 4.69) is 17.2 Å². The molecule has 0 aliphatic carbocycles. The lowest BCUT2D eigenvalue weighted by Gasteiger charge is -2.07. The highest BCUT2D eigenvalue weighted by molar-refractivity contribution is 6.17. The smallest absolute Gasteiger partial charge is 0.202 e. The molecule has 0 saturated carbocycles. The molecule has 0 aromatic carbocycles. The zero-order valence-electron chi connectivity index (χ0n) is 8.37. The highest BCUT2D eigenvalue weighted by Gasteiger charge is 1.98. The van der Waals surface area contributed by atoms with Crippen molar-refractivity contribution in [3.05, 3.63) is 12.4 Å². The van der Waals surface area contributed by atoms with Crippen LogP contribution >= 0.6 is 11.6 Å². The van der Waals surface area contributed by atoms with Crippen molar-refractivity contribution in [1.82, 2.24) is 9.55 Å². The predicted molar refractivity (Wildman–Crippen MR) is 57.9 cm³/mol. The van der Waals surface area contributed by atoms with Gasteiger partial charge in [-0.05, 0) is 6.92 Å². The van der Waals surface area contributed by atoms with E-state index in [4.69, 9.17) is 16.3 Å². The zero-order chi connectivity index (χ0) is 10.2. The van der Waals surface area contributed by atoms with Gasteiger partial charge in [0.1, 0.15) is 0 Å². The lowest BCUT2D eigenvalue weighted by molar-refractivity contribution is 0.159. The molecule has 0 atom stereocenters. The van der Waals surface area contributed by atoms with Crippen LogP contribution in [0.25, 0.3) is 0 Å². The second kappa shape index (κ2) is 6.68. The number of nitrogens with zero attached hydrogens (tertiary/aromatic N) is 2. The van der Waals surface area contributed by atoms with E-state index in [9.17, 15) is 0 Å². The predicted octanol–water partition coefficient (Wildman–Crippen LogP) is 1.57. The average Bonchev–Trinajstić information content (AvgIpc) is 2.65. The van der Waals surface area contributed by atoms with Crippen LogP contribution in [0.3, 0.4) is 0 Å². The number of nitrogens with one attached hydrogen (secondary N) is 1. The van der Waals surface area contributed by atoms with Gasteiger partial charge in [-0.15, -0.1) is 11.6 Å². The van der Waals surface area contributed by atoms with Crippen molar-refractivity contribution < 1.29 is 4.74 Å². The molecular formula is C9H16ClN3O. The van der Waals surface area contributed by atoms with E-state index < -0.39 is 0 Å². The summed E-state index contributed by atoms with van der Waals surface area (Å²) in [5.74, 6) is 1.44. The average molecular weight is 218 g/mol. The SMILES string of the molecule is CCn1ccnc1NCCOCCCl. The van der Waals surface area contributed by atoms with Crippen molar-refractivity contribution in [2.24, 2.45) is 0 Å². The van der Waals surface area contributed by atoms with Crippen LogP contribution in [-0.4, -0.2) is 35.2 Å². The Morgan fingerprint density at radius 1 is 1.57 bits per heavy atom. The quantitative estimate of drug-likeness (QED) is 0.557. The van der Waals surface area contributed by atoms with Crippen LogP contribution in [-0.2, 0) is 11.3 Å². The van der Waals surface area contributed by atoms with Gasteiger partial charge in [0, 0.05) is 31.4 Å². The molecule has 0 bridgehead atoms. The highest BCUT2D eigenvalue weighted by atomic mass is 35.5. The largest absolute Gasteiger partial charge is 0.378 e. The standard InChI is InChI=1S/C9H16ClN3O/c1-2-13-6-4-11-9(13)12-5-8-14-7-3-10/h4,6H,2-3,5,7-8H2,1H3,(H,11,12). The summed E-state index contributed by atoms with van der Waals surface area (Å²) in [6, 6.07) is 0. The molecule has 0 unspecified atom stereocenters. The Morgan fingerprint density at radius 2 is 2.43 bits per heavy atom. The maximum Gasteiger partial charge on any atom is 0.202 e. The molecule has 1 aromatic heterocycles. The van der Waals surface area contributed by atoms with Crippen molar-refractivity contribution in [3.63, 3.8) is 0 Å². The molecule has 1 aromatic rings. The molecule has 0 aliphatic rings. The summed E-state index contributed by atoms with van der Waals surface area (Å²) in [5.41, 5.74) is 0. The van der Waals surface area contributed by atoms with Crippen LogP contribution in [0.4, 0.5) is 5.95 Å². The second-order valence-corrected chi connectivity index (χ2v) is 3.14. The van der Waals surface area contributed by atoms with E-state index in [1.165, 1.54) is 0 Å². The first kappa shape index (κ1) is 11.3. The molecule has 5 heteroatoms. The molecule has 80 valence electrons. The summed E-state index contributed by atoms with van der Waals surface area (Å²) in [7, 11) is 0. The van der Waals surface area contributed by atoms with Crippen LogP contribution in [0.1, 0.15) is 6.92 Å². The van der Waals surface area contributed by atoms with Gasteiger partial charge in [0.05, 0.1) is 13.2 Å². The van der Waals surface area contributed by atoms with E-state index in [0.29, 0.717) is 19.1 Å². The normalized spacial score (nSPS) is 10.4. The fourth-order valence-electron chi connectivity index (χ4n) is 1.12. The van der Waals surface area contributed by atoms with Gasteiger partial charge in [-0.25, -0.2) is 4.98 Å². The molecule has 0 saturated heterocycles. The minimum Gasteiger partial charge on any atom is -0.378 e. The van der Waals surface area contributed by atoms with Crippen molar-refractivity contribution in [2.75, 3.05) is 31.0 Å². The molecule has 1 rings (SSSR count). The number of aromatic nitrogens is 2. The molecule has 0 aliphatic heterocycles. The van der Waals surface area contributed by atoms with Gasteiger partial charge in [-0.1, -0.05) is 0 Å². The third-order valence-corrected chi connectivity index (χ3v) is 1.96. The monoisotopic (exact) mass is 217 g/mol. The molecular weight excluding hydrogens is 202 g/mol. The number of alkyl halides is 1. The van der Waals surface area contributed by atoms with Gasteiger partial charge < -0.3 is 14.6 Å². The van der Waals surface area contributed by atoms with Crippen molar-refractivity contribution in [2.45, 2.75) is 13.5 Å². The Kier molecular flexibility index (Phi) is 5.40. The zero-order valence-corrected chi connectivity index (χ0v) is 9.13. The van der Waals surface area contributed by atoms with Crippen LogP contribution in [0.5, 0.6) is 0 Å². The van der Waals surface area contributed by atoms with E-state index in [-0.39, 0.29) is 0 Å². The summed E-state index contributed by atoms with van der Waals surface area (Å²) in [6.07, 6.45) is 3.73. The van der Waals surface area contributed by atoms with E-state index in [0.717, 1.165) is 19.0 Å².